The number of amides is 1. The fraction of sp³-hybridized carbons (Fsp3) is 0.917. The lowest BCUT2D eigenvalue weighted by Gasteiger charge is -2.21. The third-order valence-electron chi connectivity index (χ3n) is 2.56. The van der Waals surface area contributed by atoms with Crippen LogP contribution in [0.2, 0.25) is 0 Å². The van der Waals surface area contributed by atoms with E-state index < -0.39 is 11.7 Å². The molecule has 4 heteroatoms. The number of hydrogen-bond donors (Lipinski definition) is 2. The van der Waals surface area contributed by atoms with Crippen molar-refractivity contribution in [2.24, 2.45) is 11.8 Å². The third-order valence-corrected chi connectivity index (χ3v) is 2.56. The highest BCUT2D eigenvalue weighted by molar-refractivity contribution is 5.67. The number of aliphatic hydroxyl groups is 1. The molecule has 1 atom stereocenters. The van der Waals surface area contributed by atoms with Gasteiger partial charge in [0.2, 0.25) is 0 Å². The van der Waals surface area contributed by atoms with E-state index in [0.29, 0.717) is 6.54 Å². The fourth-order valence-electron chi connectivity index (χ4n) is 1.59. The van der Waals surface area contributed by atoms with Crippen molar-refractivity contribution in [2.45, 2.75) is 45.6 Å². The Bertz CT molecular complexity index is 231. The van der Waals surface area contributed by atoms with E-state index in [1.807, 2.05) is 20.8 Å². The van der Waals surface area contributed by atoms with Crippen LogP contribution in [-0.4, -0.2) is 30.0 Å². The number of hydrogen-bond acceptors (Lipinski definition) is 3. The number of carbonyl (C=O) groups is 1. The van der Waals surface area contributed by atoms with E-state index >= 15 is 0 Å². The number of ether oxygens (including phenoxy) is 1. The molecule has 1 rings (SSSR count). The van der Waals surface area contributed by atoms with Gasteiger partial charge in [-0.2, -0.15) is 0 Å². The topological polar surface area (TPSA) is 58.6 Å². The number of nitrogens with one attached hydrogen (secondary N) is 1. The van der Waals surface area contributed by atoms with Crippen molar-refractivity contribution in [3.63, 3.8) is 0 Å². The first kappa shape index (κ1) is 13.3. The van der Waals surface area contributed by atoms with Gasteiger partial charge >= 0.3 is 6.09 Å². The summed E-state index contributed by atoms with van der Waals surface area (Å²) in [5.74, 6) is 0.928. The highest BCUT2D eigenvalue weighted by Gasteiger charge is 2.25. The summed E-state index contributed by atoms with van der Waals surface area (Å²) in [6.45, 7) is 6.13. The second-order valence-electron chi connectivity index (χ2n) is 5.61. The van der Waals surface area contributed by atoms with Crippen molar-refractivity contribution in [1.29, 1.82) is 0 Å². The van der Waals surface area contributed by atoms with Crippen molar-refractivity contribution >= 4 is 6.09 Å². The molecule has 94 valence electrons. The molecule has 2 N–H and O–H groups in total. The minimum Gasteiger partial charge on any atom is -0.444 e. The summed E-state index contributed by atoms with van der Waals surface area (Å²) >= 11 is 0. The summed E-state index contributed by atoms with van der Waals surface area (Å²) in [4.78, 5) is 11.4. The van der Waals surface area contributed by atoms with Gasteiger partial charge in [-0.3, -0.25) is 0 Å². The zero-order valence-electron chi connectivity index (χ0n) is 10.5. The maximum atomic E-state index is 11.4. The number of alkyl carbamates (subject to hydrolysis) is 1. The number of aliphatic hydroxyl groups excluding tert-OH is 1. The molecular formula is C12H23NO3. The molecular weight excluding hydrogens is 206 g/mol. The Morgan fingerprint density at radius 1 is 1.50 bits per heavy atom. The molecule has 0 aromatic carbocycles. The Morgan fingerprint density at radius 3 is 2.56 bits per heavy atom. The molecule has 1 amide bonds. The maximum Gasteiger partial charge on any atom is 0.407 e. The van der Waals surface area contributed by atoms with Gasteiger partial charge < -0.3 is 15.2 Å². The van der Waals surface area contributed by atoms with Crippen LogP contribution in [0.1, 0.15) is 40.0 Å². The molecule has 4 nitrogen and oxygen atoms in total. The van der Waals surface area contributed by atoms with Gasteiger partial charge in [0, 0.05) is 13.2 Å². The predicted molar refractivity (Wildman–Crippen MR) is 62.2 cm³/mol. The largest absolute Gasteiger partial charge is 0.444 e. The monoisotopic (exact) mass is 229 g/mol. The summed E-state index contributed by atoms with van der Waals surface area (Å²) in [6, 6.07) is 0. The zero-order valence-corrected chi connectivity index (χ0v) is 10.5. The van der Waals surface area contributed by atoms with E-state index in [4.69, 9.17) is 9.84 Å². The van der Waals surface area contributed by atoms with Crippen LogP contribution in [-0.2, 0) is 4.74 Å². The Kier molecular flexibility index (Phi) is 4.59. The maximum absolute atomic E-state index is 11.4. The molecule has 16 heavy (non-hydrogen) atoms. The lowest BCUT2D eigenvalue weighted by molar-refractivity contribution is 0.0510. The van der Waals surface area contributed by atoms with Crippen LogP contribution in [0.15, 0.2) is 0 Å². The molecule has 1 aliphatic rings. The normalized spacial score (nSPS) is 18.0. The van der Waals surface area contributed by atoms with E-state index in [0.717, 1.165) is 12.3 Å². The van der Waals surface area contributed by atoms with Crippen LogP contribution in [0.3, 0.4) is 0 Å². The zero-order chi connectivity index (χ0) is 12.2. The van der Waals surface area contributed by atoms with Gasteiger partial charge in [-0.05, 0) is 39.0 Å². The second-order valence-corrected chi connectivity index (χ2v) is 5.61. The van der Waals surface area contributed by atoms with Crippen LogP contribution in [0, 0.1) is 11.8 Å². The average Bonchev–Trinajstić information content (AvgIpc) is 2.92. The van der Waals surface area contributed by atoms with Gasteiger partial charge in [0.25, 0.3) is 0 Å². The van der Waals surface area contributed by atoms with Gasteiger partial charge in [0.05, 0.1) is 0 Å². The summed E-state index contributed by atoms with van der Waals surface area (Å²) in [7, 11) is 0. The minimum atomic E-state index is -0.463. The Labute approximate surface area is 97.4 Å². The van der Waals surface area contributed by atoms with Crippen molar-refractivity contribution in [3.05, 3.63) is 0 Å². The molecule has 0 aromatic rings. The molecule has 1 fully saturated rings. The standard InChI is InChI=1S/C12H23NO3/c1-12(2,3)16-11(15)13-7-10(8-14)6-9-4-5-9/h9-10,14H,4-8H2,1-3H3,(H,13,15). The number of rotatable bonds is 5. The Balaban J connectivity index is 2.17. The second kappa shape index (κ2) is 5.53. The van der Waals surface area contributed by atoms with Crippen LogP contribution in [0.25, 0.3) is 0 Å². The summed E-state index contributed by atoms with van der Waals surface area (Å²) in [6.07, 6.45) is 3.14. The van der Waals surface area contributed by atoms with E-state index in [1.165, 1.54) is 12.8 Å². The molecule has 0 spiro atoms. The summed E-state index contributed by atoms with van der Waals surface area (Å²) < 4.78 is 5.12. The lowest BCUT2D eigenvalue weighted by atomic mass is 10.0. The van der Waals surface area contributed by atoms with E-state index in [9.17, 15) is 4.79 Å². The summed E-state index contributed by atoms with van der Waals surface area (Å²) in [5, 5.41) is 11.9. The molecule has 0 aromatic heterocycles. The van der Waals surface area contributed by atoms with E-state index in [1.54, 1.807) is 0 Å². The molecule has 1 unspecified atom stereocenters. The van der Waals surface area contributed by atoms with Gasteiger partial charge in [-0.15, -0.1) is 0 Å². The fourth-order valence-corrected chi connectivity index (χ4v) is 1.59. The van der Waals surface area contributed by atoms with Crippen molar-refractivity contribution in [2.75, 3.05) is 13.2 Å². The molecule has 0 aliphatic heterocycles. The van der Waals surface area contributed by atoms with Gasteiger partial charge in [0.15, 0.2) is 0 Å². The van der Waals surface area contributed by atoms with Gasteiger partial charge in [0.1, 0.15) is 5.60 Å². The van der Waals surface area contributed by atoms with Gasteiger partial charge in [-0.25, -0.2) is 4.79 Å². The smallest absolute Gasteiger partial charge is 0.407 e. The lowest BCUT2D eigenvalue weighted by Crippen LogP contribution is -2.36. The first-order valence-electron chi connectivity index (χ1n) is 5.98. The van der Waals surface area contributed by atoms with E-state index in [-0.39, 0.29) is 12.5 Å². The van der Waals surface area contributed by atoms with Crippen molar-refractivity contribution in [3.8, 4) is 0 Å². The summed E-state index contributed by atoms with van der Waals surface area (Å²) in [5.41, 5.74) is -0.463. The average molecular weight is 229 g/mol. The number of carbonyl (C=O) groups excluding carboxylic acids is 1. The van der Waals surface area contributed by atoms with Crippen molar-refractivity contribution < 1.29 is 14.6 Å². The minimum absolute atomic E-state index is 0.131. The van der Waals surface area contributed by atoms with Crippen LogP contribution in [0.4, 0.5) is 4.79 Å². The highest BCUT2D eigenvalue weighted by Crippen LogP contribution is 2.35. The highest BCUT2D eigenvalue weighted by atomic mass is 16.6. The van der Waals surface area contributed by atoms with Gasteiger partial charge in [-0.1, -0.05) is 12.8 Å². The molecule has 1 aliphatic carbocycles. The first-order valence-corrected chi connectivity index (χ1v) is 5.98. The molecule has 0 heterocycles. The third kappa shape index (κ3) is 5.95. The molecule has 0 saturated heterocycles. The molecule has 0 radical (unpaired) electrons. The molecule has 1 saturated carbocycles. The Morgan fingerprint density at radius 2 is 2.12 bits per heavy atom. The van der Waals surface area contributed by atoms with Crippen LogP contribution >= 0.6 is 0 Å². The SMILES string of the molecule is CC(C)(C)OC(=O)NCC(CO)CC1CC1. The molecule has 0 bridgehead atoms. The Hall–Kier alpha value is -0.770. The first-order chi connectivity index (χ1) is 7.40. The predicted octanol–water partition coefficient (Wildman–Crippen LogP) is 1.92. The van der Waals surface area contributed by atoms with E-state index in [2.05, 4.69) is 5.32 Å². The van der Waals surface area contributed by atoms with Crippen LogP contribution < -0.4 is 5.32 Å². The quantitative estimate of drug-likeness (QED) is 0.757. The van der Waals surface area contributed by atoms with Crippen molar-refractivity contribution in [1.82, 2.24) is 5.32 Å². The van der Waals surface area contributed by atoms with Crippen LogP contribution in [0.5, 0.6) is 0 Å².